The Morgan fingerprint density at radius 1 is 1.29 bits per heavy atom. The van der Waals surface area contributed by atoms with Gasteiger partial charge in [-0.2, -0.15) is 0 Å². The Bertz CT molecular complexity index is 268. The van der Waals surface area contributed by atoms with Gasteiger partial charge in [0.25, 0.3) is 0 Å². The van der Waals surface area contributed by atoms with Crippen molar-refractivity contribution in [3.63, 3.8) is 0 Å². The molecule has 2 N–H and O–H groups in total. The van der Waals surface area contributed by atoms with Gasteiger partial charge < -0.3 is 10.5 Å². The van der Waals surface area contributed by atoms with Gasteiger partial charge in [-0.15, -0.1) is 0 Å². The number of methoxy groups -OCH3 is 1. The summed E-state index contributed by atoms with van der Waals surface area (Å²) in [4.78, 5) is 0. The molecule has 1 aromatic rings. The summed E-state index contributed by atoms with van der Waals surface area (Å²) in [5, 5.41) is 0. The Hall–Kier alpha value is -0.860. The van der Waals surface area contributed by atoms with E-state index in [1.54, 1.807) is 7.11 Å². The molecule has 0 aliphatic rings. The van der Waals surface area contributed by atoms with Gasteiger partial charge in [-0.3, -0.25) is 0 Å². The summed E-state index contributed by atoms with van der Waals surface area (Å²) in [5.41, 5.74) is 8.49. The van der Waals surface area contributed by atoms with Gasteiger partial charge in [-0.05, 0) is 25.8 Å². The fourth-order valence-corrected chi connectivity index (χ4v) is 1.40. The van der Waals surface area contributed by atoms with Gasteiger partial charge in [0.2, 0.25) is 0 Å². The highest BCUT2D eigenvalue weighted by atomic mass is 16.5. The van der Waals surface area contributed by atoms with Gasteiger partial charge in [-0.1, -0.05) is 29.8 Å². The molecule has 2 unspecified atom stereocenters. The smallest absolute Gasteiger partial charge is 0.0561 e. The minimum Gasteiger partial charge on any atom is -0.382 e. The number of ether oxygens (including phenoxy) is 1. The summed E-state index contributed by atoms with van der Waals surface area (Å²) in [6.07, 6.45) is 1.07. The van der Waals surface area contributed by atoms with E-state index in [4.69, 9.17) is 10.5 Å². The Balaban J connectivity index is 2.60. The summed E-state index contributed by atoms with van der Waals surface area (Å²) in [7, 11) is 1.71. The van der Waals surface area contributed by atoms with Crippen molar-refractivity contribution < 1.29 is 4.74 Å². The lowest BCUT2D eigenvalue weighted by atomic mass is 10.0. The van der Waals surface area contributed by atoms with Crippen LogP contribution in [0.15, 0.2) is 24.3 Å². The highest BCUT2D eigenvalue weighted by molar-refractivity contribution is 5.23. The molecule has 0 aliphatic heterocycles. The first kappa shape index (κ1) is 11.2. The zero-order valence-electron chi connectivity index (χ0n) is 9.16. The molecule has 1 rings (SSSR count). The second-order valence-electron chi connectivity index (χ2n) is 3.80. The lowest BCUT2D eigenvalue weighted by Crippen LogP contribution is -2.18. The molecular weight excluding hydrogens is 174 g/mol. The first-order valence-electron chi connectivity index (χ1n) is 4.98. The van der Waals surface area contributed by atoms with E-state index in [9.17, 15) is 0 Å². The number of hydrogen-bond acceptors (Lipinski definition) is 2. The van der Waals surface area contributed by atoms with E-state index in [1.165, 1.54) is 11.1 Å². The van der Waals surface area contributed by atoms with Crippen LogP contribution in [0.2, 0.25) is 0 Å². The molecule has 14 heavy (non-hydrogen) atoms. The van der Waals surface area contributed by atoms with Crippen LogP contribution in [0.4, 0.5) is 0 Å². The Morgan fingerprint density at radius 3 is 2.36 bits per heavy atom. The molecule has 0 spiro atoms. The van der Waals surface area contributed by atoms with Crippen molar-refractivity contribution in [2.75, 3.05) is 7.11 Å². The molecule has 0 bridgehead atoms. The van der Waals surface area contributed by atoms with Gasteiger partial charge >= 0.3 is 0 Å². The maximum absolute atomic E-state index is 6.04. The first-order chi connectivity index (χ1) is 6.63. The van der Waals surface area contributed by atoms with Gasteiger partial charge in [0.1, 0.15) is 0 Å². The van der Waals surface area contributed by atoms with E-state index < -0.39 is 0 Å². The number of nitrogens with two attached hydrogens (primary N) is 1. The van der Waals surface area contributed by atoms with Crippen LogP contribution in [0.3, 0.4) is 0 Å². The maximum atomic E-state index is 6.04. The average Bonchev–Trinajstić information content (AvgIpc) is 2.18. The third-order valence-electron chi connectivity index (χ3n) is 2.49. The number of rotatable bonds is 4. The molecule has 78 valence electrons. The molecule has 0 aromatic heterocycles. The topological polar surface area (TPSA) is 35.2 Å². The minimum atomic E-state index is 0.0746. The maximum Gasteiger partial charge on any atom is 0.0561 e. The molecule has 0 fully saturated rings. The highest BCUT2D eigenvalue weighted by Gasteiger charge is 2.09. The second kappa shape index (κ2) is 5.13. The van der Waals surface area contributed by atoms with Crippen molar-refractivity contribution in [3.8, 4) is 0 Å². The van der Waals surface area contributed by atoms with E-state index in [0.717, 1.165) is 6.42 Å². The third-order valence-corrected chi connectivity index (χ3v) is 2.49. The van der Waals surface area contributed by atoms with E-state index in [-0.39, 0.29) is 12.1 Å². The summed E-state index contributed by atoms with van der Waals surface area (Å²) < 4.78 is 5.19. The summed E-state index contributed by atoms with van der Waals surface area (Å²) in [6.45, 7) is 4.11. The normalized spacial score (nSPS) is 15.1. The molecule has 0 aliphatic carbocycles. The molecule has 1 aromatic carbocycles. The summed E-state index contributed by atoms with van der Waals surface area (Å²) in [5.74, 6) is 0. The van der Waals surface area contributed by atoms with Gasteiger partial charge in [0.05, 0.1) is 6.10 Å². The van der Waals surface area contributed by atoms with E-state index in [0.29, 0.717) is 0 Å². The zero-order chi connectivity index (χ0) is 10.6. The first-order valence-corrected chi connectivity index (χ1v) is 4.98. The van der Waals surface area contributed by atoms with E-state index >= 15 is 0 Å². The predicted molar refractivity (Wildman–Crippen MR) is 59.2 cm³/mol. The molecular formula is C12H19NO. The fraction of sp³-hybridized carbons (Fsp3) is 0.500. The van der Waals surface area contributed by atoms with Gasteiger partial charge in [0, 0.05) is 13.2 Å². The molecule has 0 saturated carbocycles. The van der Waals surface area contributed by atoms with Gasteiger partial charge in [0.15, 0.2) is 0 Å². The lowest BCUT2D eigenvalue weighted by molar-refractivity contribution is 0.104. The van der Waals surface area contributed by atoms with E-state index in [1.807, 2.05) is 6.92 Å². The summed E-state index contributed by atoms with van der Waals surface area (Å²) in [6, 6.07) is 8.43. The minimum absolute atomic E-state index is 0.0746. The van der Waals surface area contributed by atoms with Crippen LogP contribution in [-0.2, 0) is 4.74 Å². The number of benzene rings is 1. The number of aryl methyl sites for hydroxylation is 1. The summed E-state index contributed by atoms with van der Waals surface area (Å²) >= 11 is 0. The van der Waals surface area contributed by atoms with Crippen LogP contribution < -0.4 is 5.73 Å². The monoisotopic (exact) mass is 193 g/mol. The lowest BCUT2D eigenvalue weighted by Gasteiger charge is -2.16. The zero-order valence-corrected chi connectivity index (χ0v) is 9.16. The standard InChI is InChI=1S/C12H19NO/c1-9-4-6-11(7-5-9)12(13)8-10(2)14-3/h4-7,10,12H,8,13H2,1-3H3. The molecule has 0 amide bonds. The molecule has 2 heteroatoms. The molecule has 2 nitrogen and oxygen atoms in total. The Morgan fingerprint density at radius 2 is 1.86 bits per heavy atom. The van der Waals surface area contributed by atoms with Crippen molar-refractivity contribution in [3.05, 3.63) is 35.4 Å². The highest BCUT2D eigenvalue weighted by Crippen LogP contribution is 2.17. The SMILES string of the molecule is COC(C)CC(N)c1ccc(C)cc1. The quantitative estimate of drug-likeness (QED) is 0.797. The van der Waals surface area contributed by atoms with Crippen LogP contribution in [0, 0.1) is 6.92 Å². The second-order valence-corrected chi connectivity index (χ2v) is 3.80. The largest absolute Gasteiger partial charge is 0.382 e. The van der Waals surface area contributed by atoms with Crippen LogP contribution in [0.5, 0.6) is 0 Å². The average molecular weight is 193 g/mol. The van der Waals surface area contributed by atoms with E-state index in [2.05, 4.69) is 31.2 Å². The molecule has 0 radical (unpaired) electrons. The van der Waals surface area contributed by atoms with Crippen LogP contribution in [0.25, 0.3) is 0 Å². The van der Waals surface area contributed by atoms with Crippen molar-refractivity contribution in [2.24, 2.45) is 5.73 Å². The Labute approximate surface area is 86.1 Å². The molecule has 0 saturated heterocycles. The third kappa shape index (κ3) is 3.13. The van der Waals surface area contributed by atoms with Crippen molar-refractivity contribution >= 4 is 0 Å². The van der Waals surface area contributed by atoms with Crippen molar-refractivity contribution in [1.29, 1.82) is 0 Å². The van der Waals surface area contributed by atoms with Crippen molar-refractivity contribution in [2.45, 2.75) is 32.4 Å². The van der Waals surface area contributed by atoms with Crippen LogP contribution in [-0.4, -0.2) is 13.2 Å². The van der Waals surface area contributed by atoms with Crippen molar-refractivity contribution in [1.82, 2.24) is 0 Å². The fourth-order valence-electron chi connectivity index (χ4n) is 1.40. The molecule has 2 atom stereocenters. The number of hydrogen-bond donors (Lipinski definition) is 1. The van der Waals surface area contributed by atoms with Crippen LogP contribution in [0.1, 0.15) is 30.5 Å². The molecule has 0 heterocycles. The van der Waals surface area contributed by atoms with Gasteiger partial charge in [-0.25, -0.2) is 0 Å². The van der Waals surface area contributed by atoms with Crippen LogP contribution >= 0.6 is 0 Å². The predicted octanol–water partition coefficient (Wildman–Crippen LogP) is 2.42. The Kier molecular flexibility index (Phi) is 4.11.